The van der Waals surface area contributed by atoms with Crippen LogP contribution in [0, 0.1) is 0 Å². The van der Waals surface area contributed by atoms with Gasteiger partial charge in [-0.15, -0.1) is 0 Å². The highest BCUT2D eigenvalue weighted by atomic mass is 32.2. The summed E-state index contributed by atoms with van der Waals surface area (Å²) in [5, 5.41) is 9.96. The number of aliphatic hydroxyl groups is 1. The lowest BCUT2D eigenvalue weighted by atomic mass is 10.1. The van der Waals surface area contributed by atoms with Crippen molar-refractivity contribution in [2.45, 2.75) is 20.0 Å². The highest BCUT2D eigenvalue weighted by Crippen LogP contribution is 2.27. The maximum Gasteiger partial charge on any atom is 0.125 e. The topological polar surface area (TPSA) is 29.5 Å². The van der Waals surface area contributed by atoms with Crippen molar-refractivity contribution in [1.29, 1.82) is 0 Å². The number of ether oxygens (including phenoxy) is 1. The molecule has 1 atom stereocenters. The fourth-order valence-corrected chi connectivity index (χ4v) is 2.00. The Balaban J connectivity index is 2.72. The van der Waals surface area contributed by atoms with Crippen molar-refractivity contribution in [3.63, 3.8) is 0 Å². The third kappa shape index (κ3) is 3.76. The van der Waals surface area contributed by atoms with Gasteiger partial charge in [0.1, 0.15) is 5.75 Å². The Labute approximate surface area is 95.7 Å². The normalized spacial score (nSPS) is 12.5. The fraction of sp³-hybridized carbons (Fsp3) is 0.500. The van der Waals surface area contributed by atoms with Gasteiger partial charge in [0, 0.05) is 11.3 Å². The van der Waals surface area contributed by atoms with Gasteiger partial charge in [0.15, 0.2) is 0 Å². The number of aliphatic hydroxyl groups excluding tert-OH is 1. The Kier molecular flexibility index (Phi) is 5.58. The van der Waals surface area contributed by atoms with Crippen molar-refractivity contribution in [3.8, 4) is 5.75 Å². The second-order valence-corrected chi connectivity index (χ2v) is 4.47. The van der Waals surface area contributed by atoms with Gasteiger partial charge in [-0.2, -0.15) is 11.8 Å². The van der Waals surface area contributed by atoms with E-state index in [0.29, 0.717) is 6.61 Å². The average Bonchev–Trinajstić information content (AvgIpc) is 2.27. The van der Waals surface area contributed by atoms with Gasteiger partial charge < -0.3 is 9.84 Å². The molecule has 0 aliphatic carbocycles. The molecule has 0 saturated heterocycles. The summed E-state index contributed by atoms with van der Waals surface area (Å²) in [6.07, 6.45) is -0.433. The molecule has 0 aliphatic rings. The molecule has 84 valence electrons. The molecule has 1 unspecified atom stereocenters. The van der Waals surface area contributed by atoms with Crippen LogP contribution in [0.5, 0.6) is 5.75 Å². The molecule has 2 nitrogen and oxygen atoms in total. The first-order chi connectivity index (χ1) is 7.29. The van der Waals surface area contributed by atoms with Crippen LogP contribution in [-0.2, 0) is 0 Å². The molecule has 0 radical (unpaired) electrons. The molecule has 0 heterocycles. The molecular weight excluding hydrogens is 208 g/mol. The molecule has 1 aromatic rings. The summed E-state index contributed by atoms with van der Waals surface area (Å²) in [7, 11) is 0. The van der Waals surface area contributed by atoms with E-state index in [9.17, 15) is 5.11 Å². The van der Waals surface area contributed by atoms with E-state index in [4.69, 9.17) is 4.74 Å². The fourth-order valence-electron chi connectivity index (χ4n) is 1.36. The predicted molar refractivity (Wildman–Crippen MR) is 65.6 cm³/mol. The van der Waals surface area contributed by atoms with Crippen molar-refractivity contribution < 1.29 is 9.84 Å². The number of hydrogen-bond acceptors (Lipinski definition) is 3. The number of benzene rings is 1. The van der Waals surface area contributed by atoms with E-state index in [2.05, 4.69) is 6.92 Å². The smallest absolute Gasteiger partial charge is 0.125 e. The van der Waals surface area contributed by atoms with Gasteiger partial charge in [-0.1, -0.05) is 25.1 Å². The number of hydrogen-bond donors (Lipinski definition) is 1. The van der Waals surface area contributed by atoms with Crippen LogP contribution in [0.15, 0.2) is 24.3 Å². The minimum Gasteiger partial charge on any atom is -0.493 e. The van der Waals surface area contributed by atoms with Crippen LogP contribution < -0.4 is 4.74 Å². The van der Waals surface area contributed by atoms with Gasteiger partial charge in [0.2, 0.25) is 0 Å². The maximum atomic E-state index is 9.96. The molecule has 0 aliphatic heterocycles. The summed E-state index contributed by atoms with van der Waals surface area (Å²) in [6, 6.07) is 7.68. The Hall–Kier alpha value is -0.670. The number of rotatable bonds is 6. The lowest BCUT2D eigenvalue weighted by Crippen LogP contribution is -2.04. The zero-order valence-corrected chi connectivity index (χ0v) is 10.1. The van der Waals surface area contributed by atoms with E-state index < -0.39 is 6.10 Å². The van der Waals surface area contributed by atoms with Crippen LogP contribution in [0.25, 0.3) is 0 Å². The summed E-state index contributed by atoms with van der Waals surface area (Å²) < 4.78 is 5.47. The van der Waals surface area contributed by atoms with Crippen LogP contribution in [-0.4, -0.2) is 23.2 Å². The highest BCUT2D eigenvalue weighted by molar-refractivity contribution is 7.99. The highest BCUT2D eigenvalue weighted by Gasteiger charge is 2.12. The average molecular weight is 226 g/mol. The number of thioether (sulfide) groups is 1. The van der Waals surface area contributed by atoms with Crippen molar-refractivity contribution >= 4 is 11.8 Å². The minimum absolute atomic E-state index is 0.433. The third-order valence-corrected chi connectivity index (χ3v) is 3.02. The molecule has 15 heavy (non-hydrogen) atoms. The van der Waals surface area contributed by atoms with Crippen molar-refractivity contribution in [1.82, 2.24) is 0 Å². The van der Waals surface area contributed by atoms with Crippen LogP contribution in [0.2, 0.25) is 0 Å². The first-order valence-corrected chi connectivity index (χ1v) is 6.42. The molecule has 0 fully saturated rings. The van der Waals surface area contributed by atoms with E-state index >= 15 is 0 Å². The molecule has 3 heteroatoms. The maximum absolute atomic E-state index is 9.96. The molecule has 1 aromatic carbocycles. The Morgan fingerprint density at radius 2 is 2.07 bits per heavy atom. The zero-order chi connectivity index (χ0) is 11.1. The molecular formula is C12H18O2S. The van der Waals surface area contributed by atoms with Crippen LogP contribution >= 0.6 is 11.8 Å². The third-order valence-electron chi connectivity index (χ3n) is 2.06. The van der Waals surface area contributed by atoms with Crippen LogP contribution in [0.1, 0.15) is 25.5 Å². The van der Waals surface area contributed by atoms with Crippen molar-refractivity contribution in [2.75, 3.05) is 18.1 Å². The summed E-state index contributed by atoms with van der Waals surface area (Å²) in [5.41, 5.74) is 0.889. The van der Waals surface area contributed by atoms with E-state index in [1.54, 1.807) is 11.8 Å². The second kappa shape index (κ2) is 6.75. The molecule has 0 spiro atoms. The summed E-state index contributed by atoms with van der Waals surface area (Å²) >= 11 is 1.73. The zero-order valence-electron chi connectivity index (χ0n) is 9.27. The first-order valence-electron chi connectivity index (χ1n) is 5.27. The van der Waals surface area contributed by atoms with Gasteiger partial charge in [-0.3, -0.25) is 0 Å². The van der Waals surface area contributed by atoms with Gasteiger partial charge in [0.25, 0.3) is 0 Å². The predicted octanol–water partition coefficient (Wildman–Crippen LogP) is 2.87. The lowest BCUT2D eigenvalue weighted by molar-refractivity contribution is 0.196. The molecule has 1 N–H and O–H groups in total. The largest absolute Gasteiger partial charge is 0.493 e. The summed E-state index contributed by atoms with van der Waals surface area (Å²) in [5.74, 6) is 2.54. The van der Waals surface area contributed by atoms with E-state index in [0.717, 1.165) is 22.8 Å². The second-order valence-electron chi connectivity index (χ2n) is 3.15. The standard InChI is InChI=1S/C12H18O2S/c1-3-14-12-8-6-5-7-10(12)11(13)9-15-4-2/h5-8,11,13H,3-4,9H2,1-2H3. The van der Waals surface area contributed by atoms with Crippen molar-refractivity contribution in [3.05, 3.63) is 29.8 Å². The Bertz CT molecular complexity index is 289. The van der Waals surface area contributed by atoms with Crippen LogP contribution in [0.4, 0.5) is 0 Å². The van der Waals surface area contributed by atoms with Gasteiger partial charge in [0.05, 0.1) is 12.7 Å². The van der Waals surface area contributed by atoms with Gasteiger partial charge >= 0.3 is 0 Å². The minimum atomic E-state index is -0.433. The van der Waals surface area contributed by atoms with Crippen LogP contribution in [0.3, 0.4) is 0 Å². The van der Waals surface area contributed by atoms with Gasteiger partial charge in [-0.25, -0.2) is 0 Å². The number of para-hydroxylation sites is 1. The van der Waals surface area contributed by atoms with E-state index in [1.165, 1.54) is 0 Å². The Morgan fingerprint density at radius 1 is 1.33 bits per heavy atom. The molecule has 0 saturated carbocycles. The van der Waals surface area contributed by atoms with E-state index in [1.807, 2.05) is 31.2 Å². The molecule has 0 amide bonds. The molecule has 0 aromatic heterocycles. The van der Waals surface area contributed by atoms with Crippen molar-refractivity contribution in [2.24, 2.45) is 0 Å². The quantitative estimate of drug-likeness (QED) is 0.808. The summed E-state index contributed by atoms with van der Waals surface area (Å²) in [4.78, 5) is 0. The Morgan fingerprint density at radius 3 is 2.73 bits per heavy atom. The monoisotopic (exact) mass is 226 g/mol. The van der Waals surface area contributed by atoms with E-state index in [-0.39, 0.29) is 0 Å². The lowest BCUT2D eigenvalue weighted by Gasteiger charge is -2.14. The first kappa shape index (κ1) is 12.4. The molecule has 0 bridgehead atoms. The van der Waals surface area contributed by atoms with Gasteiger partial charge in [-0.05, 0) is 18.7 Å². The molecule has 1 rings (SSSR count). The summed E-state index contributed by atoms with van der Waals surface area (Å²) in [6.45, 7) is 4.67. The SMILES string of the molecule is CCOc1ccccc1C(O)CSCC.